The number of hydrogen-bond acceptors (Lipinski definition) is 3. The van der Waals surface area contributed by atoms with E-state index in [0.29, 0.717) is 23.5 Å². The van der Waals surface area contributed by atoms with Crippen molar-refractivity contribution < 1.29 is 14.3 Å². The second-order valence-corrected chi connectivity index (χ2v) is 6.78. The van der Waals surface area contributed by atoms with Crippen molar-refractivity contribution in [2.24, 2.45) is 0 Å². The number of hydrogen-bond donors (Lipinski definition) is 2. The van der Waals surface area contributed by atoms with E-state index in [2.05, 4.69) is 10.6 Å². The van der Waals surface area contributed by atoms with Crippen LogP contribution < -0.4 is 15.4 Å². The van der Waals surface area contributed by atoms with E-state index >= 15 is 0 Å². The minimum atomic E-state index is -0.707. The van der Waals surface area contributed by atoms with Gasteiger partial charge in [0, 0.05) is 6.54 Å². The lowest BCUT2D eigenvalue weighted by atomic mass is 10.1. The van der Waals surface area contributed by atoms with Crippen molar-refractivity contribution in [3.63, 3.8) is 0 Å². The van der Waals surface area contributed by atoms with E-state index in [9.17, 15) is 9.59 Å². The molecule has 148 valence electrons. The predicted molar refractivity (Wildman–Crippen MR) is 114 cm³/mol. The number of carbonyl (C=O) groups excluding carboxylic acids is 2. The summed E-state index contributed by atoms with van der Waals surface area (Å²) in [6.45, 7) is 4.10. The average molecular weight is 388 g/mol. The van der Waals surface area contributed by atoms with Crippen LogP contribution >= 0.6 is 0 Å². The number of anilines is 1. The summed E-state index contributed by atoms with van der Waals surface area (Å²) in [4.78, 5) is 25.2. The molecule has 3 rings (SSSR count). The van der Waals surface area contributed by atoms with Gasteiger partial charge >= 0.3 is 0 Å². The van der Waals surface area contributed by atoms with Crippen molar-refractivity contribution in [1.29, 1.82) is 0 Å². The van der Waals surface area contributed by atoms with Gasteiger partial charge in [0.2, 0.25) is 0 Å². The molecule has 0 bridgehead atoms. The zero-order chi connectivity index (χ0) is 20.6. The van der Waals surface area contributed by atoms with Crippen molar-refractivity contribution in [3.8, 4) is 5.75 Å². The highest BCUT2D eigenvalue weighted by Crippen LogP contribution is 2.17. The van der Waals surface area contributed by atoms with E-state index in [1.54, 1.807) is 43.3 Å². The number of amides is 2. The molecule has 0 saturated carbocycles. The molecule has 0 spiro atoms. The second kappa shape index (κ2) is 9.55. The summed E-state index contributed by atoms with van der Waals surface area (Å²) in [6, 6.07) is 24.0. The Morgan fingerprint density at radius 1 is 0.897 bits per heavy atom. The Morgan fingerprint density at radius 3 is 2.28 bits per heavy atom. The molecule has 0 fully saturated rings. The van der Waals surface area contributed by atoms with Gasteiger partial charge in [-0.15, -0.1) is 0 Å². The first kappa shape index (κ1) is 20.1. The monoisotopic (exact) mass is 388 g/mol. The van der Waals surface area contributed by atoms with Crippen LogP contribution in [0.3, 0.4) is 0 Å². The van der Waals surface area contributed by atoms with Crippen LogP contribution in [0.5, 0.6) is 5.75 Å². The number of para-hydroxylation sites is 2. The van der Waals surface area contributed by atoms with Crippen molar-refractivity contribution in [2.75, 3.05) is 5.32 Å². The van der Waals surface area contributed by atoms with Gasteiger partial charge in [-0.25, -0.2) is 0 Å². The molecular formula is C24H24N2O3. The first-order valence-electron chi connectivity index (χ1n) is 9.48. The maximum Gasteiger partial charge on any atom is 0.265 e. The van der Waals surface area contributed by atoms with Gasteiger partial charge in [-0.2, -0.15) is 0 Å². The van der Waals surface area contributed by atoms with Crippen LogP contribution in [0.15, 0.2) is 78.9 Å². The lowest BCUT2D eigenvalue weighted by Crippen LogP contribution is -2.31. The molecule has 1 atom stereocenters. The van der Waals surface area contributed by atoms with Gasteiger partial charge in [0.05, 0.1) is 11.3 Å². The van der Waals surface area contributed by atoms with Gasteiger partial charge in [0.25, 0.3) is 11.8 Å². The lowest BCUT2D eigenvalue weighted by molar-refractivity contribution is -0.122. The zero-order valence-corrected chi connectivity index (χ0v) is 16.5. The Labute approximate surface area is 170 Å². The first-order chi connectivity index (χ1) is 14.0. The molecule has 5 heteroatoms. The quantitative estimate of drug-likeness (QED) is 0.633. The Balaban J connectivity index is 1.63. The highest BCUT2D eigenvalue weighted by molar-refractivity contribution is 6.04. The molecule has 0 aromatic heterocycles. The van der Waals surface area contributed by atoms with Crippen LogP contribution in [-0.4, -0.2) is 17.9 Å². The summed E-state index contributed by atoms with van der Waals surface area (Å²) in [5, 5.41) is 5.69. The van der Waals surface area contributed by atoms with Crippen molar-refractivity contribution >= 4 is 17.5 Å². The maximum atomic E-state index is 12.7. The van der Waals surface area contributed by atoms with Crippen LogP contribution in [0.2, 0.25) is 0 Å². The summed E-state index contributed by atoms with van der Waals surface area (Å²) in [5.74, 6) is 0.0324. The molecule has 0 aliphatic rings. The highest BCUT2D eigenvalue weighted by Gasteiger charge is 2.18. The molecule has 5 nitrogen and oxygen atoms in total. The molecule has 2 amide bonds. The summed E-state index contributed by atoms with van der Waals surface area (Å²) in [6.07, 6.45) is -0.707. The van der Waals surface area contributed by atoms with E-state index in [4.69, 9.17) is 4.74 Å². The van der Waals surface area contributed by atoms with Gasteiger partial charge < -0.3 is 15.4 Å². The summed E-state index contributed by atoms with van der Waals surface area (Å²) in [7, 11) is 0. The van der Waals surface area contributed by atoms with Gasteiger partial charge in [-0.1, -0.05) is 60.2 Å². The Hall–Kier alpha value is -3.60. The molecule has 3 aromatic carbocycles. The smallest absolute Gasteiger partial charge is 0.265 e. The molecule has 0 aliphatic carbocycles. The third kappa shape index (κ3) is 5.69. The zero-order valence-electron chi connectivity index (χ0n) is 16.5. The minimum absolute atomic E-state index is 0.252. The Morgan fingerprint density at radius 2 is 1.55 bits per heavy atom. The number of nitrogens with one attached hydrogen (secondary N) is 2. The normalized spacial score (nSPS) is 11.4. The first-order valence-corrected chi connectivity index (χ1v) is 9.48. The van der Waals surface area contributed by atoms with Gasteiger partial charge in [-0.05, 0) is 43.7 Å². The number of rotatable bonds is 7. The second-order valence-electron chi connectivity index (χ2n) is 6.78. The van der Waals surface area contributed by atoms with Crippen LogP contribution in [0.25, 0.3) is 0 Å². The van der Waals surface area contributed by atoms with Crippen molar-refractivity contribution in [3.05, 3.63) is 95.6 Å². The molecule has 3 aromatic rings. The molecule has 0 heterocycles. The Kier molecular flexibility index (Phi) is 6.63. The molecule has 0 radical (unpaired) electrons. The largest absolute Gasteiger partial charge is 0.481 e. The minimum Gasteiger partial charge on any atom is -0.481 e. The highest BCUT2D eigenvalue weighted by atomic mass is 16.5. The molecule has 29 heavy (non-hydrogen) atoms. The molecule has 1 unspecified atom stereocenters. The van der Waals surface area contributed by atoms with E-state index in [-0.39, 0.29) is 11.8 Å². The fraction of sp³-hybridized carbons (Fsp3) is 0.167. The topological polar surface area (TPSA) is 67.4 Å². The van der Waals surface area contributed by atoms with Crippen LogP contribution in [-0.2, 0) is 11.3 Å². The SMILES string of the molecule is Cc1ccc(CNC(=O)c2ccccc2NC(=O)C(C)Oc2ccccc2)cc1. The van der Waals surface area contributed by atoms with Crippen molar-refractivity contribution in [1.82, 2.24) is 5.32 Å². The standard InChI is InChI=1S/C24H24N2O3/c1-17-12-14-19(15-13-17)16-25-24(28)21-10-6-7-11-22(21)26-23(27)18(2)29-20-8-4-3-5-9-20/h3-15,18H,16H2,1-2H3,(H,25,28)(H,26,27). The van der Waals surface area contributed by atoms with Crippen LogP contribution in [0.1, 0.15) is 28.4 Å². The van der Waals surface area contributed by atoms with Crippen LogP contribution in [0, 0.1) is 6.92 Å². The summed E-state index contributed by atoms with van der Waals surface area (Å²) < 4.78 is 5.65. The van der Waals surface area contributed by atoms with E-state index < -0.39 is 6.10 Å². The number of aryl methyl sites for hydroxylation is 1. The van der Waals surface area contributed by atoms with Gasteiger partial charge in [0.15, 0.2) is 6.10 Å². The average Bonchev–Trinajstić information content (AvgIpc) is 2.74. The molecular weight excluding hydrogens is 364 g/mol. The van der Waals surface area contributed by atoms with Crippen LogP contribution in [0.4, 0.5) is 5.69 Å². The third-order valence-corrected chi connectivity index (χ3v) is 4.43. The lowest BCUT2D eigenvalue weighted by Gasteiger charge is -2.16. The number of benzene rings is 3. The fourth-order valence-electron chi connectivity index (χ4n) is 2.76. The fourth-order valence-corrected chi connectivity index (χ4v) is 2.76. The summed E-state index contributed by atoms with van der Waals surface area (Å²) >= 11 is 0. The van der Waals surface area contributed by atoms with Gasteiger partial charge in [-0.3, -0.25) is 9.59 Å². The van der Waals surface area contributed by atoms with E-state index in [1.165, 1.54) is 5.56 Å². The van der Waals surface area contributed by atoms with E-state index in [1.807, 2.05) is 49.4 Å². The maximum absolute atomic E-state index is 12.7. The molecule has 0 saturated heterocycles. The third-order valence-electron chi connectivity index (χ3n) is 4.43. The molecule has 2 N–H and O–H groups in total. The Bertz CT molecular complexity index is 969. The predicted octanol–water partition coefficient (Wildman–Crippen LogP) is 4.33. The van der Waals surface area contributed by atoms with Crippen molar-refractivity contribution in [2.45, 2.75) is 26.5 Å². The number of ether oxygens (including phenoxy) is 1. The van der Waals surface area contributed by atoms with E-state index in [0.717, 1.165) is 5.56 Å². The summed E-state index contributed by atoms with van der Waals surface area (Å²) in [5.41, 5.74) is 3.03. The van der Waals surface area contributed by atoms with Gasteiger partial charge in [0.1, 0.15) is 5.75 Å². The number of carbonyl (C=O) groups is 2. The molecule has 0 aliphatic heterocycles.